The van der Waals surface area contributed by atoms with Crippen LogP contribution in [0, 0.1) is 6.92 Å². The molecule has 1 aliphatic heterocycles. The zero-order chi connectivity index (χ0) is 31.6. The fraction of sp³-hybridized carbons (Fsp3) is 0.297. The number of nitrogens with zero attached hydrogens (tertiary/aromatic N) is 4. The Labute approximate surface area is 261 Å². The summed E-state index contributed by atoms with van der Waals surface area (Å²) in [4.78, 5) is 31.9. The normalized spacial score (nSPS) is 13.8. The lowest BCUT2D eigenvalue weighted by atomic mass is 9.85. The van der Waals surface area contributed by atoms with Crippen LogP contribution >= 0.6 is 0 Å². The van der Waals surface area contributed by atoms with E-state index in [1.54, 1.807) is 13.0 Å². The molecule has 228 valence electrons. The number of ketones is 1. The summed E-state index contributed by atoms with van der Waals surface area (Å²) >= 11 is 0. The van der Waals surface area contributed by atoms with Crippen molar-refractivity contribution in [2.45, 2.75) is 59.3 Å². The smallest absolute Gasteiger partial charge is 0.251 e. The van der Waals surface area contributed by atoms with Crippen molar-refractivity contribution < 1.29 is 14.3 Å². The van der Waals surface area contributed by atoms with Crippen molar-refractivity contribution >= 4 is 38.5 Å². The van der Waals surface area contributed by atoms with Gasteiger partial charge in [-0.05, 0) is 98.8 Å². The Balaban J connectivity index is 1.57. The minimum Gasteiger partial charge on any atom is -0.493 e. The van der Waals surface area contributed by atoms with E-state index in [9.17, 15) is 9.59 Å². The Kier molecular flexibility index (Phi) is 6.85. The van der Waals surface area contributed by atoms with Gasteiger partial charge in [-0.2, -0.15) is 5.10 Å². The lowest BCUT2D eigenvalue weighted by Gasteiger charge is -2.30. The van der Waals surface area contributed by atoms with Gasteiger partial charge in [0.2, 0.25) is 0 Å². The highest BCUT2D eigenvalue weighted by Crippen LogP contribution is 2.45. The van der Waals surface area contributed by atoms with Crippen LogP contribution in [0.1, 0.15) is 56.1 Å². The van der Waals surface area contributed by atoms with Gasteiger partial charge in [-0.25, -0.2) is 0 Å². The van der Waals surface area contributed by atoms with Crippen molar-refractivity contribution in [2.75, 3.05) is 6.61 Å². The number of rotatable bonds is 6. The molecule has 8 nitrogen and oxygen atoms in total. The first kappa shape index (κ1) is 28.9. The van der Waals surface area contributed by atoms with Gasteiger partial charge in [-0.1, -0.05) is 12.1 Å². The van der Waals surface area contributed by atoms with Gasteiger partial charge in [0.1, 0.15) is 11.9 Å². The van der Waals surface area contributed by atoms with Crippen LogP contribution in [0.4, 0.5) is 0 Å². The molecule has 0 bridgehead atoms. The maximum Gasteiger partial charge on any atom is 0.251 e. The largest absolute Gasteiger partial charge is 0.493 e. The van der Waals surface area contributed by atoms with Crippen molar-refractivity contribution in [3.8, 4) is 16.9 Å². The van der Waals surface area contributed by atoms with Crippen molar-refractivity contribution in [1.29, 1.82) is 0 Å². The topological polar surface area (TPSA) is 88.2 Å². The fourth-order valence-electron chi connectivity index (χ4n) is 6.73. The Morgan fingerprint density at radius 2 is 1.89 bits per heavy atom. The molecule has 0 saturated carbocycles. The number of carbonyl (C=O) groups is 1. The number of Topliss-reactive ketones (excluding diaryl/α,β-unsaturated/α-hetero) is 1. The standard InChI is InChI=1S/C37H36N4O4/c1-21-18-29-25(11-13-31(43)41(29)20-24-8-7-9-28-27(24)19-39-40(28)6)34(32(21)36(22(2)42)45-37(3,4)5)26-10-12-30-33-23(15-17-44-30)14-16-38-35(26)33/h7-14,16,18-19,36H,15,17,20H2,1-6H3/t36-/m1/s1. The summed E-state index contributed by atoms with van der Waals surface area (Å²) in [5.41, 5.74) is 7.40. The average Bonchev–Trinajstić information content (AvgIpc) is 3.38. The fourth-order valence-corrected chi connectivity index (χ4v) is 6.73. The highest BCUT2D eigenvalue weighted by Gasteiger charge is 2.31. The highest BCUT2D eigenvalue weighted by molar-refractivity contribution is 6.08. The monoisotopic (exact) mass is 600 g/mol. The first-order chi connectivity index (χ1) is 21.5. The van der Waals surface area contributed by atoms with E-state index in [1.165, 1.54) is 5.56 Å². The Morgan fingerprint density at radius 3 is 2.67 bits per heavy atom. The predicted octanol–water partition coefficient (Wildman–Crippen LogP) is 6.84. The van der Waals surface area contributed by atoms with Crippen LogP contribution in [0.5, 0.6) is 5.75 Å². The number of fused-ring (bicyclic) bond motifs is 2. The van der Waals surface area contributed by atoms with Crippen molar-refractivity contribution in [2.24, 2.45) is 7.05 Å². The molecule has 0 spiro atoms. The van der Waals surface area contributed by atoms with Gasteiger partial charge in [0.25, 0.3) is 5.56 Å². The molecule has 1 atom stereocenters. The van der Waals surface area contributed by atoms with E-state index in [2.05, 4.69) is 5.10 Å². The second kappa shape index (κ2) is 10.7. The van der Waals surface area contributed by atoms with Crippen molar-refractivity contribution in [3.63, 3.8) is 0 Å². The van der Waals surface area contributed by atoms with Gasteiger partial charge in [0.05, 0.1) is 41.5 Å². The number of carbonyl (C=O) groups excluding carboxylic acids is 1. The molecule has 0 N–H and O–H groups in total. The van der Waals surface area contributed by atoms with Crippen molar-refractivity contribution in [3.05, 3.63) is 99.6 Å². The first-order valence-corrected chi connectivity index (χ1v) is 15.3. The zero-order valence-corrected chi connectivity index (χ0v) is 26.5. The molecule has 0 unspecified atom stereocenters. The van der Waals surface area contributed by atoms with Crippen LogP contribution in [0.2, 0.25) is 0 Å². The molecule has 3 aromatic heterocycles. The lowest BCUT2D eigenvalue weighted by Crippen LogP contribution is -2.27. The van der Waals surface area contributed by atoms with E-state index < -0.39 is 11.7 Å². The van der Waals surface area contributed by atoms with Crippen LogP contribution < -0.4 is 10.3 Å². The number of aryl methyl sites for hydroxylation is 2. The summed E-state index contributed by atoms with van der Waals surface area (Å²) in [6.45, 7) is 10.4. The summed E-state index contributed by atoms with van der Waals surface area (Å²) in [5, 5.41) is 7.27. The SMILES string of the molecule is CC(=O)[C@@H](OC(C)(C)C)c1c(C)cc2c(ccc(=O)n2Cc2cccc3c2cnn3C)c1-c1ccc2c3c(ccnc13)CCO2. The summed E-state index contributed by atoms with van der Waals surface area (Å²) < 4.78 is 16.2. The minimum absolute atomic E-state index is 0.0933. The molecule has 4 heterocycles. The third-order valence-corrected chi connectivity index (χ3v) is 8.69. The molecular formula is C37H36N4O4. The lowest BCUT2D eigenvalue weighted by molar-refractivity contribution is -0.138. The van der Waals surface area contributed by atoms with Gasteiger partial charge >= 0.3 is 0 Å². The third-order valence-electron chi connectivity index (χ3n) is 8.69. The van der Waals surface area contributed by atoms with Gasteiger partial charge in [-0.3, -0.25) is 19.3 Å². The van der Waals surface area contributed by atoms with E-state index in [0.717, 1.165) is 72.7 Å². The molecule has 45 heavy (non-hydrogen) atoms. The summed E-state index contributed by atoms with van der Waals surface area (Å²) in [6, 6.07) is 17.6. The second-order valence-electron chi connectivity index (χ2n) is 12.9. The Hall–Kier alpha value is -4.82. The molecule has 0 radical (unpaired) electrons. The maximum absolute atomic E-state index is 13.6. The van der Waals surface area contributed by atoms with Crippen molar-refractivity contribution in [1.82, 2.24) is 19.3 Å². The van der Waals surface area contributed by atoms with Gasteiger partial charge in [-0.15, -0.1) is 0 Å². The van der Waals surface area contributed by atoms with Crippen LogP contribution in [-0.4, -0.2) is 37.3 Å². The zero-order valence-electron chi connectivity index (χ0n) is 26.5. The molecule has 6 aromatic rings. The molecule has 0 saturated heterocycles. The number of aromatic nitrogens is 4. The van der Waals surface area contributed by atoms with Crippen LogP contribution in [0.25, 0.3) is 43.8 Å². The number of pyridine rings is 2. The molecule has 1 aliphatic rings. The molecule has 0 fully saturated rings. The Bertz CT molecular complexity index is 2210. The molecule has 7 rings (SSSR count). The molecule has 8 heteroatoms. The summed E-state index contributed by atoms with van der Waals surface area (Å²) in [6.07, 6.45) is 3.66. The first-order valence-electron chi connectivity index (χ1n) is 15.3. The van der Waals surface area contributed by atoms with E-state index in [-0.39, 0.29) is 11.3 Å². The summed E-state index contributed by atoms with van der Waals surface area (Å²) in [7, 11) is 1.91. The maximum atomic E-state index is 13.6. The predicted molar refractivity (Wildman–Crippen MR) is 177 cm³/mol. The second-order valence-corrected chi connectivity index (χ2v) is 12.9. The van der Waals surface area contributed by atoms with E-state index >= 15 is 0 Å². The average molecular weight is 601 g/mol. The van der Waals surface area contributed by atoms with Gasteiger partial charge in [0, 0.05) is 47.5 Å². The van der Waals surface area contributed by atoms with Gasteiger partial charge in [0.15, 0.2) is 5.78 Å². The minimum atomic E-state index is -0.823. The van der Waals surface area contributed by atoms with E-state index in [0.29, 0.717) is 13.2 Å². The number of ether oxygens (including phenoxy) is 2. The number of hydrogen-bond acceptors (Lipinski definition) is 6. The summed E-state index contributed by atoms with van der Waals surface area (Å²) in [5.74, 6) is 0.710. The number of hydrogen-bond donors (Lipinski definition) is 0. The van der Waals surface area contributed by atoms with E-state index in [4.69, 9.17) is 14.5 Å². The van der Waals surface area contributed by atoms with Crippen LogP contribution in [0.15, 0.2) is 71.8 Å². The van der Waals surface area contributed by atoms with Crippen LogP contribution in [0.3, 0.4) is 0 Å². The molecule has 3 aromatic carbocycles. The highest BCUT2D eigenvalue weighted by atomic mass is 16.5. The molecule has 0 amide bonds. The van der Waals surface area contributed by atoms with E-state index in [1.807, 2.05) is 105 Å². The number of benzene rings is 3. The van der Waals surface area contributed by atoms with Crippen LogP contribution in [-0.2, 0) is 29.5 Å². The molecule has 0 aliphatic carbocycles. The quantitative estimate of drug-likeness (QED) is 0.208. The molecular weight excluding hydrogens is 564 g/mol. The third kappa shape index (κ3) is 4.90. The van der Waals surface area contributed by atoms with Gasteiger partial charge < -0.3 is 14.0 Å². The Morgan fingerprint density at radius 1 is 1.07 bits per heavy atom.